The van der Waals surface area contributed by atoms with Gasteiger partial charge in [-0.3, -0.25) is 9.69 Å². The first-order chi connectivity index (χ1) is 7.02. The van der Waals surface area contributed by atoms with Crippen LogP contribution < -0.4 is 0 Å². The zero-order valence-corrected chi connectivity index (χ0v) is 10.4. The molecule has 0 amide bonds. The van der Waals surface area contributed by atoms with E-state index in [4.69, 9.17) is 5.11 Å². The van der Waals surface area contributed by atoms with E-state index >= 15 is 0 Å². The number of hydrogen-bond donors (Lipinski definition) is 1. The Bertz CT molecular complexity index is 183. The van der Waals surface area contributed by atoms with E-state index < -0.39 is 5.97 Å². The molecule has 0 spiro atoms. The van der Waals surface area contributed by atoms with Gasteiger partial charge in [0, 0.05) is 6.54 Å². The highest BCUT2D eigenvalue weighted by atomic mass is 16.4. The normalized spacial score (nSPS) is 13.5. The van der Waals surface area contributed by atoms with Gasteiger partial charge in [0.25, 0.3) is 0 Å². The van der Waals surface area contributed by atoms with Gasteiger partial charge in [0.1, 0.15) is 6.04 Å². The minimum atomic E-state index is -0.704. The maximum atomic E-state index is 11.0. The second-order valence-electron chi connectivity index (χ2n) is 4.05. The molecule has 0 aromatic carbocycles. The van der Waals surface area contributed by atoms with Crippen LogP contribution in [0.3, 0.4) is 0 Å². The van der Waals surface area contributed by atoms with E-state index in [0.29, 0.717) is 6.42 Å². The number of rotatable bonds is 8. The third kappa shape index (κ3) is 5.74. The third-order valence-corrected chi connectivity index (χ3v) is 2.57. The Hall–Kier alpha value is -0.610. The van der Waals surface area contributed by atoms with Gasteiger partial charge in [-0.25, -0.2) is 0 Å². The molecule has 4 nitrogen and oxygen atoms in total. The van der Waals surface area contributed by atoms with Gasteiger partial charge in [-0.2, -0.15) is 0 Å². The molecule has 0 aliphatic carbocycles. The first-order valence-electron chi connectivity index (χ1n) is 5.64. The Balaban J connectivity index is 4.04. The van der Waals surface area contributed by atoms with E-state index in [9.17, 15) is 4.79 Å². The summed E-state index contributed by atoms with van der Waals surface area (Å²) >= 11 is 0. The number of nitrogens with zero attached hydrogens (tertiary/aromatic N) is 2. The van der Waals surface area contributed by atoms with Gasteiger partial charge in [0.2, 0.25) is 0 Å². The lowest BCUT2D eigenvalue weighted by Gasteiger charge is -2.27. The molecule has 0 saturated carbocycles. The molecule has 1 unspecified atom stereocenters. The summed E-state index contributed by atoms with van der Waals surface area (Å²) in [6.07, 6.45) is 1.69. The van der Waals surface area contributed by atoms with Crippen molar-refractivity contribution in [3.63, 3.8) is 0 Å². The van der Waals surface area contributed by atoms with Crippen LogP contribution in [0.4, 0.5) is 0 Å². The second-order valence-corrected chi connectivity index (χ2v) is 4.05. The predicted molar refractivity (Wildman–Crippen MR) is 62.1 cm³/mol. The Morgan fingerprint density at radius 2 is 1.87 bits per heavy atom. The van der Waals surface area contributed by atoms with Gasteiger partial charge in [0.15, 0.2) is 0 Å². The number of likely N-dealkylation sites (N-methyl/N-ethyl adjacent to an activating group) is 1. The van der Waals surface area contributed by atoms with Crippen LogP contribution >= 0.6 is 0 Å². The zero-order chi connectivity index (χ0) is 11.8. The van der Waals surface area contributed by atoms with Crippen molar-refractivity contribution < 1.29 is 9.90 Å². The molecule has 0 rings (SSSR count). The molecular formula is C11H24N2O2. The van der Waals surface area contributed by atoms with Gasteiger partial charge in [0.05, 0.1) is 0 Å². The summed E-state index contributed by atoms with van der Waals surface area (Å²) in [4.78, 5) is 15.1. The minimum absolute atomic E-state index is 0.322. The fourth-order valence-corrected chi connectivity index (χ4v) is 1.71. The van der Waals surface area contributed by atoms with Crippen molar-refractivity contribution in [1.29, 1.82) is 0 Å². The monoisotopic (exact) mass is 216 g/mol. The molecule has 0 aliphatic heterocycles. The third-order valence-electron chi connectivity index (χ3n) is 2.57. The molecule has 1 N–H and O–H groups in total. The van der Waals surface area contributed by atoms with Crippen molar-refractivity contribution >= 4 is 5.97 Å². The van der Waals surface area contributed by atoms with Gasteiger partial charge in [-0.15, -0.1) is 0 Å². The van der Waals surface area contributed by atoms with E-state index in [1.165, 1.54) is 0 Å². The number of carboxylic acid groups (broad SMARTS) is 1. The Morgan fingerprint density at radius 1 is 1.27 bits per heavy atom. The molecule has 0 fully saturated rings. The van der Waals surface area contributed by atoms with Crippen LogP contribution in [-0.2, 0) is 4.79 Å². The van der Waals surface area contributed by atoms with E-state index in [1.54, 1.807) is 0 Å². The zero-order valence-electron chi connectivity index (χ0n) is 10.4. The highest BCUT2D eigenvalue weighted by Gasteiger charge is 2.21. The molecule has 0 aromatic rings. The Kier molecular flexibility index (Phi) is 7.34. The first kappa shape index (κ1) is 14.4. The summed E-state index contributed by atoms with van der Waals surface area (Å²) in [7, 11) is 4.07. The smallest absolute Gasteiger partial charge is 0.320 e. The molecule has 0 aliphatic rings. The standard InChI is InChI=1S/C11H24N2O2/c1-5-10(11(14)15)13(6-2)9-7-8-12(3)4/h10H,5-9H2,1-4H3,(H,14,15). The average Bonchev–Trinajstić information content (AvgIpc) is 2.15. The van der Waals surface area contributed by atoms with Crippen LogP contribution in [0.1, 0.15) is 26.7 Å². The number of hydrogen-bond acceptors (Lipinski definition) is 3. The summed E-state index contributed by atoms with van der Waals surface area (Å²) in [5.74, 6) is -0.704. The lowest BCUT2D eigenvalue weighted by molar-refractivity contribution is -0.143. The van der Waals surface area contributed by atoms with Gasteiger partial charge in [-0.1, -0.05) is 13.8 Å². The number of aliphatic carboxylic acids is 1. The molecule has 90 valence electrons. The van der Waals surface area contributed by atoms with Crippen molar-refractivity contribution in [2.75, 3.05) is 33.7 Å². The molecule has 15 heavy (non-hydrogen) atoms. The largest absolute Gasteiger partial charge is 0.480 e. The SMILES string of the molecule is CCC(C(=O)O)N(CC)CCCN(C)C. The quantitative estimate of drug-likeness (QED) is 0.660. The second kappa shape index (κ2) is 7.65. The average molecular weight is 216 g/mol. The highest BCUT2D eigenvalue weighted by molar-refractivity contribution is 5.73. The lowest BCUT2D eigenvalue weighted by atomic mass is 10.2. The van der Waals surface area contributed by atoms with Crippen LogP contribution in [0.25, 0.3) is 0 Å². The van der Waals surface area contributed by atoms with E-state index in [0.717, 1.165) is 26.1 Å². The maximum absolute atomic E-state index is 11.0. The minimum Gasteiger partial charge on any atom is -0.480 e. The lowest BCUT2D eigenvalue weighted by Crippen LogP contribution is -2.41. The Morgan fingerprint density at radius 3 is 2.20 bits per heavy atom. The van der Waals surface area contributed by atoms with Crippen molar-refractivity contribution in [2.45, 2.75) is 32.7 Å². The summed E-state index contributed by atoms with van der Waals surface area (Å²) in [6.45, 7) is 6.61. The van der Waals surface area contributed by atoms with E-state index in [1.807, 2.05) is 32.8 Å². The Labute approximate surface area is 92.9 Å². The molecule has 1 atom stereocenters. The first-order valence-corrected chi connectivity index (χ1v) is 5.64. The molecule has 0 radical (unpaired) electrons. The number of carbonyl (C=O) groups is 1. The summed E-state index contributed by atoms with van der Waals surface area (Å²) in [5.41, 5.74) is 0. The number of carboxylic acids is 1. The van der Waals surface area contributed by atoms with Gasteiger partial charge >= 0.3 is 5.97 Å². The fourth-order valence-electron chi connectivity index (χ4n) is 1.71. The van der Waals surface area contributed by atoms with E-state index in [2.05, 4.69) is 4.90 Å². The van der Waals surface area contributed by atoms with Crippen molar-refractivity contribution in [3.8, 4) is 0 Å². The summed E-state index contributed by atoms with van der Waals surface area (Å²) in [5, 5.41) is 9.03. The topological polar surface area (TPSA) is 43.8 Å². The molecule has 0 heterocycles. The maximum Gasteiger partial charge on any atom is 0.320 e. The van der Waals surface area contributed by atoms with Crippen molar-refractivity contribution in [2.24, 2.45) is 0 Å². The van der Waals surface area contributed by atoms with Crippen molar-refractivity contribution in [1.82, 2.24) is 9.80 Å². The summed E-state index contributed by atoms with van der Waals surface area (Å²) in [6, 6.07) is -0.322. The van der Waals surface area contributed by atoms with Crippen LogP contribution in [0, 0.1) is 0 Å². The fraction of sp³-hybridized carbons (Fsp3) is 0.909. The van der Waals surface area contributed by atoms with Crippen LogP contribution in [0.2, 0.25) is 0 Å². The van der Waals surface area contributed by atoms with E-state index in [-0.39, 0.29) is 6.04 Å². The van der Waals surface area contributed by atoms with Crippen molar-refractivity contribution in [3.05, 3.63) is 0 Å². The van der Waals surface area contributed by atoms with Crippen LogP contribution in [0.15, 0.2) is 0 Å². The van der Waals surface area contributed by atoms with Crippen LogP contribution in [-0.4, -0.2) is 60.6 Å². The molecule has 0 saturated heterocycles. The van der Waals surface area contributed by atoms with Gasteiger partial charge < -0.3 is 10.0 Å². The highest BCUT2D eigenvalue weighted by Crippen LogP contribution is 2.05. The molecular weight excluding hydrogens is 192 g/mol. The predicted octanol–water partition coefficient (Wildman–Crippen LogP) is 1.12. The molecule has 4 heteroatoms. The summed E-state index contributed by atoms with van der Waals surface area (Å²) < 4.78 is 0. The van der Waals surface area contributed by atoms with Gasteiger partial charge in [-0.05, 0) is 40.0 Å². The molecule has 0 bridgehead atoms. The molecule has 0 aromatic heterocycles. The van der Waals surface area contributed by atoms with Crippen LogP contribution in [0.5, 0.6) is 0 Å².